The van der Waals surface area contributed by atoms with Gasteiger partial charge in [-0.3, -0.25) is 14.9 Å². The molecule has 150 valence electrons. The van der Waals surface area contributed by atoms with E-state index in [4.69, 9.17) is 0 Å². The lowest BCUT2D eigenvalue weighted by Crippen LogP contribution is -2.15. The molecule has 0 saturated carbocycles. The highest BCUT2D eigenvalue weighted by Gasteiger charge is 2.16. The molecule has 29 heavy (non-hydrogen) atoms. The molecule has 0 fully saturated rings. The summed E-state index contributed by atoms with van der Waals surface area (Å²) in [6.07, 6.45) is 0. The number of tetrazole rings is 1. The van der Waals surface area contributed by atoms with E-state index >= 15 is 0 Å². The molecule has 9 nitrogen and oxygen atoms in total. The minimum atomic E-state index is -0.469. The summed E-state index contributed by atoms with van der Waals surface area (Å²) >= 11 is 1.22. The van der Waals surface area contributed by atoms with Crippen molar-refractivity contribution in [2.45, 2.75) is 32.9 Å². The van der Waals surface area contributed by atoms with E-state index in [1.54, 1.807) is 11.6 Å². The molecule has 0 spiro atoms. The van der Waals surface area contributed by atoms with Crippen molar-refractivity contribution in [1.29, 1.82) is 0 Å². The summed E-state index contributed by atoms with van der Waals surface area (Å²) in [6, 6.07) is 8.43. The smallest absolute Gasteiger partial charge is 0.269 e. The molecule has 0 saturated heterocycles. The first-order valence-electron chi connectivity index (χ1n) is 8.80. The topological polar surface area (TPSA) is 116 Å². The van der Waals surface area contributed by atoms with Crippen LogP contribution in [-0.4, -0.2) is 36.8 Å². The number of nitrogens with one attached hydrogen (secondary N) is 1. The van der Waals surface area contributed by atoms with Crippen molar-refractivity contribution in [3.63, 3.8) is 0 Å². The van der Waals surface area contributed by atoms with Gasteiger partial charge in [-0.25, -0.2) is 0 Å². The number of aryl methyl sites for hydroxylation is 4. The van der Waals surface area contributed by atoms with Gasteiger partial charge >= 0.3 is 0 Å². The highest BCUT2D eigenvalue weighted by Crippen LogP contribution is 2.25. The Morgan fingerprint density at radius 1 is 1.14 bits per heavy atom. The van der Waals surface area contributed by atoms with Crippen molar-refractivity contribution < 1.29 is 9.72 Å². The van der Waals surface area contributed by atoms with Crippen LogP contribution in [0.25, 0.3) is 5.69 Å². The maximum atomic E-state index is 12.4. The number of aromatic nitrogens is 4. The second kappa shape index (κ2) is 8.39. The first-order chi connectivity index (χ1) is 13.8. The number of benzene rings is 2. The molecule has 3 aromatic rings. The Kier molecular flexibility index (Phi) is 5.92. The Balaban J connectivity index is 1.71. The number of anilines is 1. The number of carbonyl (C=O) groups excluding carboxylic acids is 1. The van der Waals surface area contributed by atoms with Gasteiger partial charge in [-0.15, -0.1) is 5.10 Å². The van der Waals surface area contributed by atoms with Crippen LogP contribution in [0.1, 0.15) is 22.3 Å². The van der Waals surface area contributed by atoms with Crippen molar-refractivity contribution in [3.05, 3.63) is 62.7 Å². The van der Waals surface area contributed by atoms with Crippen LogP contribution in [-0.2, 0) is 4.79 Å². The molecule has 0 aliphatic carbocycles. The summed E-state index contributed by atoms with van der Waals surface area (Å²) in [6.45, 7) is 7.73. The van der Waals surface area contributed by atoms with E-state index < -0.39 is 4.92 Å². The molecule has 0 aliphatic heterocycles. The van der Waals surface area contributed by atoms with Gasteiger partial charge in [0.25, 0.3) is 5.69 Å². The molecule has 0 radical (unpaired) electrons. The number of rotatable bonds is 6. The number of nitro benzene ring substituents is 1. The highest BCUT2D eigenvalue weighted by atomic mass is 32.2. The van der Waals surface area contributed by atoms with Crippen molar-refractivity contribution in [3.8, 4) is 5.69 Å². The zero-order valence-electron chi connectivity index (χ0n) is 16.5. The standard InChI is InChI=1S/C19H20N6O3S/c1-11-7-13(3)18(14(4)8-11)24-19(21-22-23-24)29-10-17(26)20-16-6-5-15(25(27)28)9-12(16)2/h5-9H,10H2,1-4H3,(H,20,26). The summed E-state index contributed by atoms with van der Waals surface area (Å²) in [7, 11) is 0. The lowest BCUT2D eigenvalue weighted by Gasteiger charge is -2.12. The zero-order chi connectivity index (χ0) is 21.1. The van der Waals surface area contributed by atoms with E-state index in [-0.39, 0.29) is 17.3 Å². The van der Waals surface area contributed by atoms with Gasteiger partial charge in [-0.05, 0) is 60.9 Å². The predicted molar refractivity (Wildman–Crippen MR) is 111 cm³/mol. The molecule has 2 aromatic carbocycles. The monoisotopic (exact) mass is 412 g/mol. The lowest BCUT2D eigenvalue weighted by molar-refractivity contribution is -0.384. The Labute approximate surface area is 171 Å². The first-order valence-corrected chi connectivity index (χ1v) is 9.79. The van der Waals surface area contributed by atoms with Gasteiger partial charge in [-0.1, -0.05) is 29.5 Å². The van der Waals surface area contributed by atoms with E-state index in [1.165, 1.54) is 30.0 Å². The molecule has 0 unspecified atom stereocenters. The SMILES string of the molecule is Cc1cc(C)c(-n2nnnc2SCC(=O)Nc2ccc([N+](=O)[O-])cc2C)c(C)c1. The fourth-order valence-corrected chi connectivity index (χ4v) is 3.81. The Morgan fingerprint density at radius 3 is 2.45 bits per heavy atom. The molecule has 1 amide bonds. The molecule has 0 atom stereocenters. The third kappa shape index (κ3) is 4.60. The Bertz CT molecular complexity index is 1070. The van der Waals surface area contributed by atoms with Gasteiger partial charge in [0.05, 0.1) is 16.4 Å². The van der Waals surface area contributed by atoms with Gasteiger partial charge in [0, 0.05) is 17.8 Å². The molecule has 3 rings (SSSR count). The van der Waals surface area contributed by atoms with Crippen LogP contribution in [0.4, 0.5) is 11.4 Å². The number of hydrogen-bond acceptors (Lipinski definition) is 7. The van der Waals surface area contributed by atoms with Crippen molar-refractivity contribution in [2.24, 2.45) is 0 Å². The van der Waals surface area contributed by atoms with Crippen molar-refractivity contribution >= 4 is 29.0 Å². The third-order valence-corrected chi connectivity index (χ3v) is 5.23. The van der Waals surface area contributed by atoms with Gasteiger partial charge < -0.3 is 5.32 Å². The Morgan fingerprint density at radius 2 is 1.83 bits per heavy atom. The largest absolute Gasteiger partial charge is 0.325 e. The van der Waals surface area contributed by atoms with Crippen LogP contribution in [0.15, 0.2) is 35.5 Å². The average Bonchev–Trinajstić information content (AvgIpc) is 3.09. The number of carbonyl (C=O) groups is 1. The molecule has 10 heteroatoms. The van der Waals surface area contributed by atoms with E-state index in [9.17, 15) is 14.9 Å². The minimum absolute atomic E-state index is 0.0158. The maximum Gasteiger partial charge on any atom is 0.269 e. The summed E-state index contributed by atoms with van der Waals surface area (Å²) in [5.41, 5.74) is 5.28. The molecule has 0 aliphatic rings. The third-order valence-electron chi connectivity index (χ3n) is 4.32. The first kappa shape index (κ1) is 20.5. The van der Waals surface area contributed by atoms with Crippen molar-refractivity contribution in [2.75, 3.05) is 11.1 Å². The van der Waals surface area contributed by atoms with Crippen LogP contribution < -0.4 is 5.32 Å². The van der Waals surface area contributed by atoms with E-state index in [0.717, 1.165) is 22.4 Å². The number of thioether (sulfide) groups is 1. The number of hydrogen-bond donors (Lipinski definition) is 1. The molecular weight excluding hydrogens is 392 g/mol. The molecule has 1 N–H and O–H groups in total. The predicted octanol–water partition coefficient (Wildman–Crippen LogP) is 3.53. The second-order valence-electron chi connectivity index (χ2n) is 6.71. The van der Waals surface area contributed by atoms with Gasteiger partial charge in [-0.2, -0.15) is 4.68 Å². The van der Waals surface area contributed by atoms with Crippen LogP contribution >= 0.6 is 11.8 Å². The summed E-state index contributed by atoms with van der Waals surface area (Å²) in [5.74, 6) is -0.153. The quantitative estimate of drug-likeness (QED) is 0.374. The number of nitro groups is 1. The van der Waals surface area contributed by atoms with Gasteiger partial charge in [0.1, 0.15) is 0 Å². The molecule has 1 heterocycles. The molecule has 0 bridgehead atoms. The van der Waals surface area contributed by atoms with Gasteiger partial charge in [0.15, 0.2) is 0 Å². The average molecular weight is 412 g/mol. The molecule has 1 aromatic heterocycles. The van der Waals surface area contributed by atoms with Crippen LogP contribution in [0.2, 0.25) is 0 Å². The summed E-state index contributed by atoms with van der Waals surface area (Å²) < 4.78 is 1.64. The summed E-state index contributed by atoms with van der Waals surface area (Å²) in [5, 5.41) is 26.0. The summed E-state index contributed by atoms with van der Waals surface area (Å²) in [4.78, 5) is 22.7. The minimum Gasteiger partial charge on any atom is -0.325 e. The number of nitrogens with zero attached hydrogens (tertiary/aromatic N) is 5. The lowest BCUT2D eigenvalue weighted by atomic mass is 10.1. The van der Waals surface area contributed by atoms with E-state index in [1.807, 2.05) is 20.8 Å². The second-order valence-corrected chi connectivity index (χ2v) is 7.66. The number of non-ortho nitro benzene ring substituents is 1. The van der Waals surface area contributed by atoms with E-state index in [0.29, 0.717) is 16.4 Å². The van der Waals surface area contributed by atoms with Crippen molar-refractivity contribution in [1.82, 2.24) is 20.2 Å². The normalized spacial score (nSPS) is 10.8. The van der Waals surface area contributed by atoms with Crippen LogP contribution in [0.5, 0.6) is 0 Å². The fourth-order valence-electron chi connectivity index (χ4n) is 3.13. The maximum absolute atomic E-state index is 12.4. The highest BCUT2D eigenvalue weighted by molar-refractivity contribution is 7.99. The van der Waals surface area contributed by atoms with Crippen LogP contribution in [0, 0.1) is 37.8 Å². The Hall–Kier alpha value is -3.27. The fraction of sp³-hybridized carbons (Fsp3) is 0.263. The number of amides is 1. The van der Waals surface area contributed by atoms with E-state index in [2.05, 4.69) is 33.0 Å². The van der Waals surface area contributed by atoms with Crippen LogP contribution in [0.3, 0.4) is 0 Å². The zero-order valence-corrected chi connectivity index (χ0v) is 17.3. The molecular formula is C19H20N6O3S. The van der Waals surface area contributed by atoms with Gasteiger partial charge in [0.2, 0.25) is 11.1 Å².